The fraction of sp³-hybridized carbons (Fsp3) is 0.507. The van der Waals surface area contributed by atoms with Gasteiger partial charge in [-0.25, -0.2) is 9.59 Å². The van der Waals surface area contributed by atoms with Gasteiger partial charge in [-0.2, -0.15) is 0 Å². The van der Waals surface area contributed by atoms with Gasteiger partial charge < -0.3 is 59.8 Å². The van der Waals surface area contributed by atoms with Gasteiger partial charge in [0, 0.05) is 84.1 Å². The van der Waals surface area contributed by atoms with E-state index in [0.717, 1.165) is 26.2 Å². The van der Waals surface area contributed by atoms with Crippen molar-refractivity contribution in [1.29, 1.82) is 0 Å². The van der Waals surface area contributed by atoms with Crippen molar-refractivity contribution in [3.8, 4) is 0 Å². The van der Waals surface area contributed by atoms with Crippen molar-refractivity contribution in [2.45, 2.75) is 166 Å². The maximum absolute atomic E-state index is 15.2. The lowest BCUT2D eigenvalue weighted by atomic mass is 9.44. The number of anilines is 2. The molecular weight excluding hydrogens is 1140 g/mol. The third-order valence-electron chi connectivity index (χ3n) is 19.8. The number of aliphatic hydroxyl groups is 4. The fourth-order valence-electron chi connectivity index (χ4n) is 14.6. The molecule has 19 heteroatoms. The lowest BCUT2D eigenvalue weighted by Gasteiger charge is -2.67. The second-order valence-electron chi connectivity index (χ2n) is 26.4. The third kappa shape index (κ3) is 12.1. The maximum Gasteiger partial charge on any atom is 0.338 e. The first-order valence-electron chi connectivity index (χ1n) is 30.9. The molecule has 11 atom stereocenters. The van der Waals surface area contributed by atoms with Gasteiger partial charge in [0.05, 0.1) is 35.6 Å². The van der Waals surface area contributed by atoms with Crippen molar-refractivity contribution in [3.63, 3.8) is 0 Å². The molecule has 0 radical (unpaired) electrons. The van der Waals surface area contributed by atoms with Crippen LogP contribution in [-0.2, 0) is 42.9 Å². The van der Waals surface area contributed by atoms with Gasteiger partial charge in [0.25, 0.3) is 0 Å². The summed E-state index contributed by atoms with van der Waals surface area (Å²) < 4.78 is 24.5. The number of hydrogen-bond donors (Lipinski definition) is 6. The highest BCUT2D eigenvalue weighted by atomic mass is 28.3. The fourth-order valence-corrected chi connectivity index (χ4v) is 17.7. The van der Waals surface area contributed by atoms with Crippen LogP contribution in [0.1, 0.15) is 132 Å². The molecule has 2 amide bonds. The predicted octanol–water partition coefficient (Wildman–Crippen LogP) is 6.49. The van der Waals surface area contributed by atoms with Crippen LogP contribution < -0.4 is 30.8 Å². The largest absolute Gasteiger partial charge is 0.456 e. The van der Waals surface area contributed by atoms with E-state index in [1.54, 1.807) is 62.4 Å². The summed E-state index contributed by atoms with van der Waals surface area (Å²) in [6, 6.07) is 28.5. The zero-order valence-corrected chi connectivity index (χ0v) is 53.7. The quantitative estimate of drug-likeness (QED) is 0.0172. The number of carbonyl (C=O) groups excluding carboxylic acids is 6. The van der Waals surface area contributed by atoms with Gasteiger partial charge >= 0.3 is 17.9 Å². The number of amides is 2. The number of unbranched alkanes of at least 4 members (excludes halogenated alkanes) is 4. The van der Waals surface area contributed by atoms with E-state index in [-0.39, 0.29) is 42.1 Å². The third-order valence-corrected chi connectivity index (χ3v) is 23.3. The molecule has 2 unspecified atom stereocenters. The van der Waals surface area contributed by atoms with E-state index in [4.69, 9.17) is 18.9 Å². The van der Waals surface area contributed by atoms with E-state index in [9.17, 15) is 44.4 Å². The second kappa shape index (κ2) is 25.8. The van der Waals surface area contributed by atoms with Crippen LogP contribution in [0.25, 0.3) is 5.57 Å². The Balaban J connectivity index is 0.830. The molecule has 2 aliphatic heterocycles. The number of benzene rings is 4. The summed E-state index contributed by atoms with van der Waals surface area (Å²) >= 11 is 0. The first-order valence-corrected chi connectivity index (χ1v) is 33.9. The highest BCUT2D eigenvalue weighted by Gasteiger charge is 2.78. The van der Waals surface area contributed by atoms with Crippen LogP contribution >= 0.6 is 0 Å². The zero-order valence-electron chi connectivity index (χ0n) is 52.7. The minimum Gasteiger partial charge on any atom is -0.456 e. The topological polar surface area (TPSA) is 251 Å². The number of Topliss-reactive ketones (excluding diaryl/α,β-unsaturated/α-hetero) is 1. The standard InChI is InChI=1S/C69H88N4O14Si/c1-41-50(39-69(83)63(86-64(81)44-26-19-16-20-27-44)61-67(5,62(80)59(78)57(41)66(69,3)4)53(75)38-54-68(61,40-84-54)87-42(2)74)85-65(82)60(79)58(43-24-17-15-18-25-43)71-56(77)29-21-13-12-14-22-35-70-55(76)30-23-28-47-48-33-31-45(72(6)7)36-51(48)88(10,11)52-37-46(73(8)9)32-34-49(47)52/h15-20,24-28,31-34,36-37,50,53-54,58-61,63,75,78-79,83H,12-14,21-23,29-30,35,38-40H2,1-11H3,(H,70,76)(H,71,77)/t50-,53-,54+,58?,59+,60?,61-,63-,67+,68-,69+/m0/s1. The summed E-state index contributed by atoms with van der Waals surface area (Å²) in [6.45, 7) is 12.3. The number of allylic oxidation sites excluding steroid dienone is 1. The van der Waals surface area contributed by atoms with E-state index < -0.39 is 115 Å². The first-order chi connectivity index (χ1) is 41.6. The van der Waals surface area contributed by atoms with Crippen molar-refractivity contribution in [1.82, 2.24) is 10.6 Å². The summed E-state index contributed by atoms with van der Waals surface area (Å²) in [7, 11) is 6.19. The van der Waals surface area contributed by atoms with E-state index in [1.807, 2.05) is 0 Å². The Morgan fingerprint density at radius 3 is 1.97 bits per heavy atom. The molecule has 18 nitrogen and oxygen atoms in total. The highest BCUT2D eigenvalue weighted by molar-refractivity contribution is 7.02. The molecule has 1 saturated heterocycles. The number of nitrogens with zero attached hydrogens (tertiary/aromatic N) is 2. The normalized spacial score (nSPS) is 27.0. The molecule has 0 aromatic heterocycles. The molecule has 2 bridgehead atoms. The minimum atomic E-state index is -2.37. The van der Waals surface area contributed by atoms with Crippen molar-refractivity contribution in [2.75, 3.05) is 51.1 Å². The van der Waals surface area contributed by atoms with E-state index in [2.05, 4.69) is 104 Å². The van der Waals surface area contributed by atoms with Crippen LogP contribution in [0.5, 0.6) is 0 Å². The van der Waals surface area contributed by atoms with Gasteiger partial charge in [-0.1, -0.05) is 113 Å². The van der Waals surface area contributed by atoms with E-state index in [0.29, 0.717) is 37.8 Å². The molecule has 0 spiro atoms. The summed E-state index contributed by atoms with van der Waals surface area (Å²) in [5, 5.41) is 58.7. The summed E-state index contributed by atoms with van der Waals surface area (Å²) in [6.07, 6.45) is -3.72. The molecule has 4 aromatic rings. The smallest absolute Gasteiger partial charge is 0.338 e. The summed E-state index contributed by atoms with van der Waals surface area (Å²) in [5.74, 6) is -5.78. The molecule has 3 fully saturated rings. The number of ketones is 1. The SMILES string of the molecule is CC(=O)O[C@@]12CO[C@@H]1C[C@H](O)[C@@]1(C)C(=O)[C@H](O)C3=C(C)[C@@H](OC(=O)C(O)C(NC(=O)CCCCCCCNC(=O)CCC=C4c5ccc(N(C)C)cc5[Si](C)(C)c5cc(N(C)C)ccc54)c4ccccc4)C[C@@](O)([C@@H](OC(=O)c4ccccc4)[C@H]21)C3(C)C. The average Bonchev–Trinajstić information content (AvgIpc) is 0.678. The molecule has 3 aliphatic carbocycles. The molecule has 4 aromatic carbocycles. The maximum atomic E-state index is 15.2. The number of carbonyl (C=O) groups is 6. The first kappa shape index (κ1) is 65.4. The Morgan fingerprint density at radius 2 is 1.39 bits per heavy atom. The predicted molar refractivity (Wildman–Crippen MR) is 338 cm³/mol. The van der Waals surface area contributed by atoms with Gasteiger partial charge in [-0.15, -0.1) is 0 Å². The Morgan fingerprint density at radius 1 is 0.795 bits per heavy atom. The van der Waals surface area contributed by atoms with Crippen LogP contribution in [0.3, 0.4) is 0 Å². The monoisotopic (exact) mass is 1220 g/mol. The van der Waals surface area contributed by atoms with Gasteiger partial charge in [0.2, 0.25) is 11.8 Å². The van der Waals surface area contributed by atoms with E-state index >= 15 is 4.79 Å². The number of fused-ring (bicyclic) bond motifs is 7. The Bertz CT molecular complexity index is 3300. The highest BCUT2D eigenvalue weighted by Crippen LogP contribution is 2.64. The van der Waals surface area contributed by atoms with Gasteiger partial charge in [-0.3, -0.25) is 19.2 Å². The molecule has 2 heterocycles. The number of ether oxygens (including phenoxy) is 4. The molecule has 9 rings (SSSR count). The van der Waals surface area contributed by atoms with E-state index in [1.165, 1.54) is 64.4 Å². The molecule has 472 valence electrons. The van der Waals surface area contributed by atoms with Crippen molar-refractivity contribution >= 4 is 70.9 Å². The average molecular weight is 1230 g/mol. The minimum absolute atomic E-state index is 0.0120. The number of aliphatic hydroxyl groups excluding tert-OH is 3. The number of hydrogen-bond acceptors (Lipinski definition) is 16. The second-order valence-corrected chi connectivity index (χ2v) is 30.7. The van der Waals surface area contributed by atoms with Crippen molar-refractivity contribution in [3.05, 3.63) is 137 Å². The molecule has 5 aliphatic rings. The van der Waals surface area contributed by atoms with Crippen LogP contribution in [0, 0.1) is 16.7 Å². The zero-order chi connectivity index (χ0) is 63.8. The molecule has 88 heavy (non-hydrogen) atoms. The van der Waals surface area contributed by atoms with Crippen molar-refractivity contribution < 1.29 is 68.1 Å². The molecule has 2 saturated carbocycles. The van der Waals surface area contributed by atoms with Crippen LogP contribution in [0.15, 0.2) is 114 Å². The molecule has 6 N–H and O–H groups in total. The molecular formula is C69H88N4O14Si. The lowest BCUT2D eigenvalue weighted by Crippen LogP contribution is -2.81. The number of rotatable bonds is 21. The lowest BCUT2D eigenvalue weighted by molar-refractivity contribution is -0.346. The summed E-state index contributed by atoms with van der Waals surface area (Å²) in [4.78, 5) is 88.2. The number of esters is 3. The van der Waals surface area contributed by atoms with Crippen LogP contribution in [0.4, 0.5) is 11.4 Å². The Labute approximate surface area is 517 Å². The summed E-state index contributed by atoms with van der Waals surface area (Å²) in [5.41, 5.74) is -1.22. The van der Waals surface area contributed by atoms with Gasteiger partial charge in [0.1, 0.15) is 38.1 Å². The Hall–Kier alpha value is -7.00. The number of nitrogens with one attached hydrogen (secondary N) is 2. The van der Waals surface area contributed by atoms with Crippen molar-refractivity contribution in [2.24, 2.45) is 16.7 Å². The van der Waals surface area contributed by atoms with Gasteiger partial charge in [0.15, 0.2) is 17.5 Å². The van der Waals surface area contributed by atoms with Gasteiger partial charge in [-0.05, 0) is 113 Å². The van der Waals surface area contributed by atoms with Crippen LogP contribution in [-0.4, -0.2) is 153 Å². The Kier molecular flexibility index (Phi) is 19.2. The van der Waals surface area contributed by atoms with Crippen LogP contribution in [0.2, 0.25) is 13.1 Å².